The van der Waals surface area contributed by atoms with Crippen molar-refractivity contribution in [3.63, 3.8) is 0 Å². The summed E-state index contributed by atoms with van der Waals surface area (Å²) in [5.74, 6) is -1.03. The molecule has 12 fully saturated rings. The van der Waals surface area contributed by atoms with Crippen LogP contribution in [0.4, 0.5) is 0 Å². The minimum absolute atomic E-state index is 0.0385. The number of carbonyl (C=O) groups excluding carboxylic acids is 3. The number of esters is 2. The molecule has 1 aromatic heterocycles. The van der Waals surface area contributed by atoms with Gasteiger partial charge < -0.3 is 43.6 Å². The summed E-state index contributed by atoms with van der Waals surface area (Å²) in [6.45, 7) is 10.4. The van der Waals surface area contributed by atoms with E-state index in [1.54, 1.807) is 6.26 Å². The summed E-state index contributed by atoms with van der Waals surface area (Å²) < 4.78 is 36.1. The van der Waals surface area contributed by atoms with Gasteiger partial charge in [-0.25, -0.2) is 4.79 Å². The third-order valence-electron chi connectivity index (χ3n) is 26.3. The van der Waals surface area contributed by atoms with Gasteiger partial charge in [-0.05, 0) is 172 Å². The van der Waals surface area contributed by atoms with E-state index < -0.39 is 86.6 Å². The molecule has 5 saturated heterocycles. The first kappa shape index (κ1) is 50.8. The fourth-order valence-corrected chi connectivity index (χ4v) is 24.2. The minimum atomic E-state index is -1.50. The van der Waals surface area contributed by atoms with Crippen molar-refractivity contribution in [1.29, 1.82) is 0 Å². The van der Waals surface area contributed by atoms with Gasteiger partial charge in [0.15, 0.2) is 11.9 Å². The van der Waals surface area contributed by atoms with E-state index in [1.165, 1.54) is 11.1 Å². The minimum Gasteiger partial charge on any atom is -0.469 e. The van der Waals surface area contributed by atoms with E-state index in [4.69, 9.17) is 23.4 Å². The second-order valence-corrected chi connectivity index (χ2v) is 29.6. The third kappa shape index (κ3) is 6.12. The Kier molecular flexibility index (Phi) is 11.0. The van der Waals surface area contributed by atoms with Crippen molar-refractivity contribution < 1.29 is 53.1 Å². The highest BCUT2D eigenvalue weighted by Crippen LogP contribution is 2.90. The Balaban J connectivity index is 0.879. The van der Waals surface area contributed by atoms with Crippen molar-refractivity contribution in [3.8, 4) is 0 Å². The zero-order chi connectivity index (χ0) is 54.0. The molecule has 24 unspecified atom stereocenters. The van der Waals surface area contributed by atoms with Gasteiger partial charge in [0.25, 0.3) is 0 Å². The average molecular weight is 1080 g/mol. The average Bonchev–Trinajstić information content (AvgIpc) is 1.71. The molecule has 0 amide bonds. The van der Waals surface area contributed by atoms with Crippen molar-refractivity contribution in [3.05, 3.63) is 83.5 Å². The number of rotatable bonds is 11. The van der Waals surface area contributed by atoms with E-state index in [2.05, 4.69) is 86.6 Å². The number of Topliss-reactive ketones (excluding diaryl/α,β-unsaturated/α-hetero) is 1. The van der Waals surface area contributed by atoms with Gasteiger partial charge in [-0.2, -0.15) is 0 Å². The summed E-state index contributed by atoms with van der Waals surface area (Å²) in [5, 5.41) is 40.7. The number of aliphatic hydroxyl groups is 3. The number of carbonyl (C=O) groups is 3. The maximum absolute atomic E-state index is 17.0. The SMILES string of the molecule is CC(C)CC1C=C2CC3CCCC34CC3CC5(C)C(c6ccoc6CC(C(O)CO)C6CCC7C(C=CN8CNCC78)C6)OC(=O)C6OC65C5(C6CCCC(Cc7ccccc7)C6)C(O)C(=O)C6C1(C)OC21C4C(=O)OCC61C35. The number of nitrogens with one attached hydrogen (secondary N) is 1. The van der Waals surface area contributed by atoms with Crippen LogP contribution in [-0.4, -0.2) is 106 Å². The second-order valence-electron chi connectivity index (χ2n) is 29.6. The molecule has 424 valence electrons. The smallest absolute Gasteiger partial charge is 0.339 e. The molecular weight excluding hydrogens is 997 g/mol. The van der Waals surface area contributed by atoms with Crippen LogP contribution in [0.1, 0.15) is 141 Å². The fraction of sp³-hybridized carbons (Fsp3) is 0.742. The van der Waals surface area contributed by atoms with Crippen LogP contribution < -0.4 is 5.32 Å². The predicted octanol–water partition coefficient (Wildman–Crippen LogP) is 8.44. The molecule has 13 heteroatoms. The fourth-order valence-electron chi connectivity index (χ4n) is 24.2. The molecule has 14 aliphatic rings. The zero-order valence-corrected chi connectivity index (χ0v) is 46.9. The van der Waals surface area contributed by atoms with Gasteiger partial charge in [0, 0.05) is 41.3 Å². The molecule has 16 rings (SSSR count). The first-order valence-corrected chi connectivity index (χ1v) is 31.3. The lowest BCUT2D eigenvalue weighted by Gasteiger charge is -2.72. The van der Waals surface area contributed by atoms with Crippen LogP contribution in [0.15, 0.2) is 71.0 Å². The molecule has 1 aromatic carbocycles. The van der Waals surface area contributed by atoms with E-state index in [-0.39, 0.29) is 66.4 Å². The molecule has 0 radical (unpaired) electrons. The van der Waals surface area contributed by atoms with Gasteiger partial charge in [0.1, 0.15) is 35.8 Å². The Bertz CT molecular complexity index is 2920. The summed E-state index contributed by atoms with van der Waals surface area (Å²) >= 11 is 0. The lowest BCUT2D eigenvalue weighted by Crippen LogP contribution is -2.82. The second kappa shape index (κ2) is 17.1. The first-order chi connectivity index (χ1) is 38.1. The van der Waals surface area contributed by atoms with Crippen molar-refractivity contribution in [1.82, 2.24) is 10.2 Å². The molecular formula is C66H84N2O11. The Morgan fingerprint density at radius 3 is 2.58 bits per heavy atom. The summed E-state index contributed by atoms with van der Waals surface area (Å²) in [5.41, 5.74) is -4.06. The number of hydrogen-bond donors (Lipinski definition) is 4. The molecule has 7 saturated carbocycles. The van der Waals surface area contributed by atoms with Gasteiger partial charge >= 0.3 is 11.9 Å². The number of aliphatic hydroxyl groups excluding tert-OH is 3. The topological polar surface area (TPSA) is 181 Å². The molecule has 2 aromatic rings. The number of ketones is 1. The highest BCUT2D eigenvalue weighted by molar-refractivity contribution is 5.94. The van der Waals surface area contributed by atoms with E-state index in [0.717, 1.165) is 109 Å². The quantitative estimate of drug-likeness (QED) is 0.0958. The van der Waals surface area contributed by atoms with Gasteiger partial charge in [-0.3, -0.25) is 14.9 Å². The van der Waals surface area contributed by atoms with Crippen LogP contribution in [0.25, 0.3) is 0 Å². The Labute approximate surface area is 465 Å². The molecule has 79 heavy (non-hydrogen) atoms. The number of allylic oxidation sites excluding steroid dienone is 1. The molecule has 4 spiro atoms. The molecule has 7 aliphatic heterocycles. The molecule has 7 aliphatic carbocycles. The number of cyclic esters (lactones) is 2. The van der Waals surface area contributed by atoms with Crippen LogP contribution in [0.3, 0.4) is 0 Å². The van der Waals surface area contributed by atoms with Crippen molar-refractivity contribution in [2.24, 2.45) is 98.6 Å². The number of nitrogens with zero attached hydrogens (tertiary/aromatic N) is 1. The first-order valence-electron chi connectivity index (χ1n) is 31.3. The van der Waals surface area contributed by atoms with E-state index in [0.29, 0.717) is 42.4 Å². The van der Waals surface area contributed by atoms with E-state index in [9.17, 15) is 15.3 Å². The number of hydrogen-bond acceptors (Lipinski definition) is 13. The highest BCUT2D eigenvalue weighted by atomic mass is 16.7. The maximum atomic E-state index is 17.0. The number of furan rings is 1. The molecule has 13 nitrogen and oxygen atoms in total. The largest absolute Gasteiger partial charge is 0.469 e. The highest BCUT2D eigenvalue weighted by Gasteiger charge is 2.98. The van der Waals surface area contributed by atoms with Crippen molar-refractivity contribution in [2.75, 3.05) is 26.4 Å². The number of fused-ring (bicyclic) bond motifs is 5. The molecule has 24 atom stereocenters. The Hall–Kier alpha value is -3.85. The van der Waals surface area contributed by atoms with Gasteiger partial charge in [0.2, 0.25) is 0 Å². The monoisotopic (exact) mass is 1080 g/mol. The summed E-state index contributed by atoms with van der Waals surface area (Å²) in [6, 6.07) is 13.1. The number of epoxide rings is 1. The molecule has 5 bridgehead atoms. The lowest BCUT2D eigenvalue weighted by molar-refractivity contribution is -0.300. The van der Waals surface area contributed by atoms with Crippen LogP contribution in [0.5, 0.6) is 0 Å². The normalized spacial score (nSPS) is 50.7. The Morgan fingerprint density at radius 1 is 0.924 bits per heavy atom. The van der Waals surface area contributed by atoms with E-state index in [1.807, 2.05) is 6.07 Å². The summed E-state index contributed by atoms with van der Waals surface area (Å²) in [4.78, 5) is 50.4. The third-order valence-corrected chi connectivity index (χ3v) is 26.3. The lowest BCUT2D eigenvalue weighted by atomic mass is 9.29. The zero-order valence-electron chi connectivity index (χ0n) is 46.9. The van der Waals surface area contributed by atoms with Crippen molar-refractivity contribution in [2.45, 2.75) is 178 Å². The van der Waals surface area contributed by atoms with E-state index >= 15 is 14.4 Å². The van der Waals surface area contributed by atoms with Gasteiger partial charge in [-0.1, -0.05) is 82.5 Å². The van der Waals surface area contributed by atoms with Crippen molar-refractivity contribution >= 4 is 17.7 Å². The summed E-state index contributed by atoms with van der Waals surface area (Å²) in [7, 11) is 0. The predicted molar refractivity (Wildman–Crippen MR) is 289 cm³/mol. The molecule has 4 N–H and O–H groups in total. The van der Waals surface area contributed by atoms with Gasteiger partial charge in [-0.15, -0.1) is 0 Å². The maximum Gasteiger partial charge on any atom is 0.339 e. The number of benzene rings is 1. The van der Waals surface area contributed by atoms with Crippen LogP contribution in [0.2, 0.25) is 0 Å². The summed E-state index contributed by atoms with van der Waals surface area (Å²) in [6.07, 6.45) is 17.7. The Morgan fingerprint density at radius 2 is 1.76 bits per heavy atom. The standard InChI is InChI=1S/C66H84N2O11/c1-35(2)22-43-27-44-26-41-14-9-19-62(41)30-40-29-60(3)56(46-18-21-75-50(46)28-47(49(70)32-69)38-15-16-45-39(25-38)17-20-68-34-67-31-48(45)68)77-59(74)57-66(60,78-57)64(42-13-8-12-37(24-42)23-36-10-6-5-7-11-36)52(40)63-33-76-58(73)54(62)65(44,63)79-61(43,4)53(63)51(71)55(64)72/h5-7,10-11,17-18,20-21,27,35,37-43,45,47-49,52-57,67,69-70,72H,8-9,12-16,19,22-26,28-34H2,1-4H3. The van der Waals surface area contributed by atoms with Crippen LogP contribution in [0, 0.1) is 98.6 Å². The number of ether oxygens (including phenoxy) is 4. The van der Waals surface area contributed by atoms with Gasteiger partial charge in [0.05, 0.1) is 48.5 Å². The van der Waals surface area contributed by atoms with Crippen LogP contribution >= 0.6 is 0 Å². The molecule has 8 heterocycles. The van der Waals surface area contributed by atoms with Crippen LogP contribution in [-0.2, 0) is 46.2 Å².